The number of hydrogen-bond donors (Lipinski definition) is 2. The van der Waals surface area contributed by atoms with Crippen LogP contribution in [0.4, 0.5) is 0 Å². The van der Waals surface area contributed by atoms with E-state index in [-0.39, 0.29) is 18.1 Å². The highest BCUT2D eigenvalue weighted by molar-refractivity contribution is 7.11. The maximum atomic E-state index is 12.0. The van der Waals surface area contributed by atoms with E-state index in [2.05, 4.69) is 34.7 Å². The molecular weight excluding hydrogens is 264 g/mol. The summed E-state index contributed by atoms with van der Waals surface area (Å²) in [4.78, 5) is 12.0. The molecule has 2 heterocycles. The van der Waals surface area contributed by atoms with E-state index in [1.807, 2.05) is 6.92 Å². The molecule has 7 heteroatoms. The van der Waals surface area contributed by atoms with Crippen LogP contribution < -0.4 is 10.6 Å². The highest BCUT2D eigenvalue weighted by atomic mass is 32.1. The van der Waals surface area contributed by atoms with Crippen molar-refractivity contribution in [1.82, 2.24) is 20.8 Å². The predicted octanol–water partition coefficient (Wildman–Crippen LogP) is 0.655. The first kappa shape index (κ1) is 14.4. The van der Waals surface area contributed by atoms with E-state index >= 15 is 0 Å². The van der Waals surface area contributed by atoms with Gasteiger partial charge in [0.1, 0.15) is 16.1 Å². The van der Waals surface area contributed by atoms with Crippen LogP contribution >= 0.6 is 11.3 Å². The van der Waals surface area contributed by atoms with E-state index in [1.165, 1.54) is 0 Å². The van der Waals surface area contributed by atoms with Gasteiger partial charge >= 0.3 is 0 Å². The molecule has 0 unspecified atom stereocenters. The molecule has 0 spiro atoms. The Morgan fingerprint density at radius 2 is 2.37 bits per heavy atom. The minimum absolute atomic E-state index is 0.0477. The number of carbonyl (C=O) groups is 1. The number of morpholine rings is 1. The highest BCUT2D eigenvalue weighted by Gasteiger charge is 2.28. The molecule has 1 saturated heterocycles. The zero-order chi connectivity index (χ0) is 13.8. The number of hydrogen-bond acceptors (Lipinski definition) is 6. The average molecular weight is 284 g/mol. The Hall–Kier alpha value is -1.05. The lowest BCUT2D eigenvalue weighted by Crippen LogP contribution is -2.55. The zero-order valence-electron chi connectivity index (χ0n) is 11.5. The van der Waals surface area contributed by atoms with Crippen molar-refractivity contribution in [3.8, 4) is 0 Å². The molecule has 0 aliphatic carbocycles. The fourth-order valence-corrected chi connectivity index (χ4v) is 2.66. The van der Waals surface area contributed by atoms with E-state index in [4.69, 9.17) is 4.74 Å². The van der Waals surface area contributed by atoms with Gasteiger partial charge in [-0.05, 0) is 6.92 Å². The number of amides is 1. The molecule has 1 fully saturated rings. The van der Waals surface area contributed by atoms with Crippen molar-refractivity contribution < 1.29 is 9.53 Å². The van der Waals surface area contributed by atoms with Crippen LogP contribution in [0.3, 0.4) is 0 Å². The van der Waals surface area contributed by atoms with Gasteiger partial charge in [-0.2, -0.15) is 0 Å². The van der Waals surface area contributed by atoms with Crippen molar-refractivity contribution in [1.29, 1.82) is 0 Å². The molecule has 1 amide bonds. The van der Waals surface area contributed by atoms with Gasteiger partial charge < -0.3 is 15.4 Å². The topological polar surface area (TPSA) is 76.1 Å². The molecule has 19 heavy (non-hydrogen) atoms. The SMILES string of the molecule is CC(C)c1nnc(CNC(=O)[C@H]2NCCO[C@@H]2C)s1. The van der Waals surface area contributed by atoms with Gasteiger partial charge in [-0.1, -0.05) is 25.2 Å². The van der Waals surface area contributed by atoms with Crippen LogP contribution in [0.5, 0.6) is 0 Å². The summed E-state index contributed by atoms with van der Waals surface area (Å²) < 4.78 is 5.45. The molecule has 0 aromatic carbocycles. The number of nitrogens with zero attached hydrogens (tertiary/aromatic N) is 2. The van der Waals surface area contributed by atoms with Gasteiger partial charge in [-0.15, -0.1) is 10.2 Å². The van der Waals surface area contributed by atoms with Gasteiger partial charge in [0, 0.05) is 12.5 Å². The molecule has 1 aliphatic heterocycles. The molecule has 1 aromatic rings. The summed E-state index contributed by atoms with van der Waals surface area (Å²) >= 11 is 1.54. The maximum absolute atomic E-state index is 12.0. The number of ether oxygens (including phenoxy) is 1. The molecule has 2 N–H and O–H groups in total. The second-order valence-corrected chi connectivity index (χ2v) is 6.01. The van der Waals surface area contributed by atoms with Crippen molar-refractivity contribution >= 4 is 17.2 Å². The van der Waals surface area contributed by atoms with Crippen LogP contribution in [0.15, 0.2) is 0 Å². The molecule has 2 rings (SSSR count). The van der Waals surface area contributed by atoms with E-state index in [9.17, 15) is 4.79 Å². The van der Waals surface area contributed by atoms with Gasteiger partial charge in [-0.3, -0.25) is 4.79 Å². The summed E-state index contributed by atoms with van der Waals surface area (Å²) in [5.41, 5.74) is 0. The van der Waals surface area contributed by atoms with Gasteiger partial charge in [0.15, 0.2) is 0 Å². The fraction of sp³-hybridized carbons (Fsp3) is 0.750. The normalized spacial score (nSPS) is 23.6. The molecular formula is C12H20N4O2S. The number of rotatable bonds is 4. The Bertz CT molecular complexity index is 435. The van der Waals surface area contributed by atoms with E-state index in [1.54, 1.807) is 11.3 Å². The van der Waals surface area contributed by atoms with Crippen LogP contribution in [-0.4, -0.2) is 41.4 Å². The molecule has 2 atom stereocenters. The van der Waals surface area contributed by atoms with Gasteiger partial charge in [0.25, 0.3) is 0 Å². The Balaban J connectivity index is 1.85. The van der Waals surface area contributed by atoms with Crippen molar-refractivity contribution in [3.63, 3.8) is 0 Å². The predicted molar refractivity (Wildman–Crippen MR) is 73.0 cm³/mol. The summed E-state index contributed by atoms with van der Waals surface area (Å²) in [6, 6.07) is -0.286. The third kappa shape index (κ3) is 3.71. The quantitative estimate of drug-likeness (QED) is 0.849. The Morgan fingerprint density at radius 1 is 1.58 bits per heavy atom. The lowest BCUT2D eigenvalue weighted by Gasteiger charge is -2.29. The van der Waals surface area contributed by atoms with Crippen LogP contribution in [0.2, 0.25) is 0 Å². The van der Waals surface area contributed by atoms with Crippen molar-refractivity contribution in [3.05, 3.63) is 10.0 Å². The molecule has 1 aliphatic rings. The Labute approximate surface area is 116 Å². The van der Waals surface area contributed by atoms with Crippen LogP contribution in [0.25, 0.3) is 0 Å². The van der Waals surface area contributed by atoms with E-state index in [0.717, 1.165) is 10.0 Å². The van der Waals surface area contributed by atoms with Crippen LogP contribution in [0.1, 0.15) is 36.7 Å². The van der Waals surface area contributed by atoms with Crippen molar-refractivity contribution in [2.24, 2.45) is 0 Å². The first-order valence-electron chi connectivity index (χ1n) is 6.53. The van der Waals surface area contributed by atoms with Crippen LogP contribution in [0, 0.1) is 0 Å². The Kier molecular flexibility index (Phi) is 4.84. The fourth-order valence-electron chi connectivity index (χ4n) is 1.87. The largest absolute Gasteiger partial charge is 0.375 e. The maximum Gasteiger partial charge on any atom is 0.240 e. The molecule has 0 bridgehead atoms. The summed E-state index contributed by atoms with van der Waals surface area (Å²) in [7, 11) is 0. The second kappa shape index (κ2) is 6.40. The van der Waals surface area contributed by atoms with Gasteiger partial charge in [-0.25, -0.2) is 0 Å². The number of carbonyl (C=O) groups excluding carboxylic acids is 1. The smallest absolute Gasteiger partial charge is 0.240 e. The third-order valence-corrected chi connectivity index (χ3v) is 4.21. The summed E-state index contributed by atoms with van der Waals surface area (Å²) in [5.74, 6) is 0.323. The summed E-state index contributed by atoms with van der Waals surface area (Å²) in [6.45, 7) is 7.84. The molecule has 1 aromatic heterocycles. The van der Waals surface area contributed by atoms with E-state index in [0.29, 0.717) is 25.6 Å². The summed E-state index contributed by atoms with van der Waals surface area (Å²) in [6.07, 6.45) is -0.102. The molecule has 0 saturated carbocycles. The lowest BCUT2D eigenvalue weighted by molar-refractivity contribution is -0.129. The minimum Gasteiger partial charge on any atom is -0.375 e. The second-order valence-electron chi connectivity index (χ2n) is 4.91. The van der Waals surface area contributed by atoms with Crippen molar-refractivity contribution in [2.75, 3.05) is 13.2 Å². The van der Waals surface area contributed by atoms with Gasteiger partial charge in [0.05, 0.1) is 19.3 Å². The monoisotopic (exact) mass is 284 g/mol. The van der Waals surface area contributed by atoms with Crippen molar-refractivity contribution in [2.45, 2.75) is 45.4 Å². The molecule has 6 nitrogen and oxygen atoms in total. The third-order valence-electron chi connectivity index (χ3n) is 2.99. The first-order valence-corrected chi connectivity index (χ1v) is 7.34. The highest BCUT2D eigenvalue weighted by Crippen LogP contribution is 2.18. The minimum atomic E-state index is -0.286. The molecule has 0 radical (unpaired) electrons. The number of nitrogens with one attached hydrogen (secondary N) is 2. The average Bonchev–Trinajstić information content (AvgIpc) is 2.85. The van der Waals surface area contributed by atoms with Crippen LogP contribution in [-0.2, 0) is 16.1 Å². The standard InChI is InChI=1S/C12H20N4O2S/c1-7(2)12-16-15-9(19-12)6-14-11(17)10-8(3)18-5-4-13-10/h7-8,10,13H,4-6H2,1-3H3,(H,14,17)/t8-,10+/m1/s1. The Morgan fingerprint density at radius 3 is 3.00 bits per heavy atom. The lowest BCUT2D eigenvalue weighted by atomic mass is 10.1. The first-order chi connectivity index (χ1) is 9.08. The zero-order valence-corrected chi connectivity index (χ0v) is 12.3. The van der Waals surface area contributed by atoms with E-state index < -0.39 is 0 Å². The van der Waals surface area contributed by atoms with Gasteiger partial charge in [0.2, 0.25) is 5.91 Å². The number of aromatic nitrogens is 2. The molecule has 106 valence electrons. The summed E-state index contributed by atoms with van der Waals surface area (Å²) in [5, 5.41) is 16.0.